The molecule has 1 aromatic rings. The van der Waals surface area contributed by atoms with E-state index in [-0.39, 0.29) is 0 Å². The van der Waals surface area contributed by atoms with Gasteiger partial charge < -0.3 is 5.43 Å². The second-order valence-electron chi connectivity index (χ2n) is 2.54. The van der Waals surface area contributed by atoms with Crippen LogP contribution in [0.25, 0.3) is 0 Å². The van der Waals surface area contributed by atoms with Gasteiger partial charge in [-0.25, -0.2) is 4.98 Å². The molecule has 3 nitrogen and oxygen atoms in total. The van der Waals surface area contributed by atoms with E-state index in [2.05, 4.69) is 17.3 Å². The van der Waals surface area contributed by atoms with Crippen LogP contribution in [0.2, 0.25) is 0 Å². The van der Waals surface area contributed by atoms with Crippen molar-refractivity contribution < 1.29 is 0 Å². The van der Waals surface area contributed by atoms with Gasteiger partial charge in [0.2, 0.25) is 0 Å². The minimum absolute atomic E-state index is 1.06. The molecular weight excluding hydrogens is 138 g/mol. The van der Waals surface area contributed by atoms with Crippen molar-refractivity contribution in [3.05, 3.63) is 18.2 Å². The van der Waals surface area contributed by atoms with Crippen molar-refractivity contribution in [2.45, 2.75) is 26.2 Å². The van der Waals surface area contributed by atoms with Crippen LogP contribution in [0.1, 0.15) is 25.6 Å². The summed E-state index contributed by atoms with van der Waals surface area (Å²) in [5, 5.41) is 0. The fourth-order valence-corrected chi connectivity index (χ4v) is 1.06. The molecule has 0 bridgehead atoms. The highest BCUT2D eigenvalue weighted by Crippen LogP contribution is 2.00. The second kappa shape index (κ2) is 4.01. The summed E-state index contributed by atoms with van der Waals surface area (Å²) in [5.74, 6) is 1.12. The third kappa shape index (κ3) is 1.97. The van der Waals surface area contributed by atoms with Crippen molar-refractivity contribution in [2.75, 3.05) is 12.5 Å². The maximum Gasteiger partial charge on any atom is 0.127 e. The first-order chi connectivity index (χ1) is 5.38. The van der Waals surface area contributed by atoms with Gasteiger partial charge in [0.25, 0.3) is 0 Å². The van der Waals surface area contributed by atoms with Crippen molar-refractivity contribution in [3.63, 3.8) is 0 Å². The normalized spacial score (nSPS) is 10.0. The third-order valence-corrected chi connectivity index (χ3v) is 1.71. The minimum atomic E-state index is 1.06. The van der Waals surface area contributed by atoms with Crippen LogP contribution in [0.4, 0.5) is 0 Å². The minimum Gasteiger partial charge on any atom is -0.328 e. The molecule has 11 heavy (non-hydrogen) atoms. The lowest BCUT2D eigenvalue weighted by Gasteiger charge is -2.04. The smallest absolute Gasteiger partial charge is 0.127 e. The lowest BCUT2D eigenvalue weighted by atomic mass is 10.2. The average molecular weight is 153 g/mol. The van der Waals surface area contributed by atoms with Crippen molar-refractivity contribution >= 4 is 0 Å². The molecule has 0 unspecified atom stereocenters. The van der Waals surface area contributed by atoms with Crippen molar-refractivity contribution in [3.8, 4) is 0 Å². The van der Waals surface area contributed by atoms with E-state index in [0.29, 0.717) is 0 Å². The van der Waals surface area contributed by atoms with Crippen LogP contribution in [-0.2, 0) is 6.42 Å². The zero-order valence-electron chi connectivity index (χ0n) is 7.17. The Labute approximate surface area is 67.4 Å². The van der Waals surface area contributed by atoms with Gasteiger partial charge in [0.15, 0.2) is 0 Å². The predicted octanol–water partition coefficient (Wildman–Crippen LogP) is 1.40. The van der Waals surface area contributed by atoms with Crippen LogP contribution in [0.3, 0.4) is 0 Å². The van der Waals surface area contributed by atoms with Gasteiger partial charge in [-0.3, -0.25) is 4.68 Å². The van der Waals surface area contributed by atoms with Crippen LogP contribution >= 0.6 is 0 Å². The van der Waals surface area contributed by atoms with Gasteiger partial charge in [-0.05, 0) is 6.42 Å². The molecule has 0 aromatic carbocycles. The molecule has 1 rings (SSSR count). The van der Waals surface area contributed by atoms with Gasteiger partial charge in [-0.2, -0.15) is 0 Å². The van der Waals surface area contributed by atoms with E-state index in [1.807, 2.05) is 24.1 Å². The van der Waals surface area contributed by atoms with E-state index >= 15 is 0 Å². The van der Waals surface area contributed by atoms with Gasteiger partial charge in [-0.15, -0.1) is 0 Å². The maximum atomic E-state index is 4.22. The molecule has 1 N–H and O–H groups in total. The molecule has 0 saturated carbocycles. The van der Waals surface area contributed by atoms with Gasteiger partial charge in [0, 0.05) is 25.9 Å². The number of hydrogen-bond donors (Lipinski definition) is 1. The molecule has 0 atom stereocenters. The van der Waals surface area contributed by atoms with E-state index < -0.39 is 0 Å². The number of hydrogen-bond acceptors (Lipinski definition) is 2. The van der Waals surface area contributed by atoms with Crippen LogP contribution < -0.4 is 5.43 Å². The van der Waals surface area contributed by atoms with Crippen LogP contribution in [0.5, 0.6) is 0 Å². The summed E-state index contributed by atoms with van der Waals surface area (Å²) in [4.78, 5) is 4.22. The van der Waals surface area contributed by atoms with E-state index in [0.717, 1.165) is 12.2 Å². The standard InChI is InChI=1S/C8H15N3/c1-3-4-5-8-10-6-7-11(8)9-2/h6-7,9H,3-5H2,1-2H3. The molecule has 1 aromatic heterocycles. The first kappa shape index (κ1) is 8.11. The molecular formula is C8H15N3. The lowest BCUT2D eigenvalue weighted by Crippen LogP contribution is -2.11. The van der Waals surface area contributed by atoms with Crippen LogP contribution in [0.15, 0.2) is 12.4 Å². The third-order valence-electron chi connectivity index (χ3n) is 1.71. The lowest BCUT2D eigenvalue weighted by molar-refractivity contribution is 0.717. The summed E-state index contributed by atoms with van der Waals surface area (Å²) in [6.45, 7) is 2.19. The van der Waals surface area contributed by atoms with E-state index in [9.17, 15) is 0 Å². The SMILES string of the molecule is CCCCc1nccn1NC. The predicted molar refractivity (Wildman–Crippen MR) is 46.1 cm³/mol. The first-order valence-corrected chi connectivity index (χ1v) is 4.08. The topological polar surface area (TPSA) is 29.9 Å². The molecule has 0 aliphatic heterocycles. The monoisotopic (exact) mass is 153 g/mol. The Hall–Kier alpha value is -0.990. The molecule has 0 spiro atoms. The highest BCUT2D eigenvalue weighted by molar-refractivity contribution is 4.94. The van der Waals surface area contributed by atoms with Crippen molar-refractivity contribution in [1.82, 2.24) is 9.66 Å². The fraction of sp³-hybridized carbons (Fsp3) is 0.625. The number of aromatic nitrogens is 2. The Morgan fingerprint density at radius 2 is 2.45 bits per heavy atom. The fourth-order valence-electron chi connectivity index (χ4n) is 1.06. The number of rotatable bonds is 4. The number of nitrogens with zero attached hydrogens (tertiary/aromatic N) is 2. The summed E-state index contributed by atoms with van der Waals surface area (Å²) in [5.41, 5.74) is 3.04. The van der Waals surface area contributed by atoms with Crippen LogP contribution in [-0.4, -0.2) is 16.7 Å². The Balaban J connectivity index is 2.54. The summed E-state index contributed by atoms with van der Waals surface area (Å²) < 4.78 is 1.95. The summed E-state index contributed by atoms with van der Waals surface area (Å²) in [6, 6.07) is 0. The molecule has 0 saturated heterocycles. The van der Waals surface area contributed by atoms with Crippen molar-refractivity contribution in [1.29, 1.82) is 0 Å². The van der Waals surface area contributed by atoms with Crippen LogP contribution in [0, 0.1) is 0 Å². The Morgan fingerprint density at radius 1 is 1.64 bits per heavy atom. The molecule has 0 aliphatic carbocycles. The first-order valence-electron chi connectivity index (χ1n) is 4.08. The molecule has 0 amide bonds. The Kier molecular flexibility index (Phi) is 2.95. The van der Waals surface area contributed by atoms with Gasteiger partial charge in [-0.1, -0.05) is 13.3 Å². The quantitative estimate of drug-likeness (QED) is 0.708. The number of aryl methyl sites for hydroxylation is 1. The zero-order valence-corrected chi connectivity index (χ0v) is 7.17. The molecule has 0 fully saturated rings. The number of unbranched alkanes of at least 4 members (excludes halogenated alkanes) is 1. The Morgan fingerprint density at radius 3 is 3.09 bits per heavy atom. The largest absolute Gasteiger partial charge is 0.328 e. The average Bonchev–Trinajstić information content (AvgIpc) is 2.47. The van der Waals surface area contributed by atoms with E-state index in [4.69, 9.17) is 0 Å². The zero-order chi connectivity index (χ0) is 8.10. The summed E-state index contributed by atoms with van der Waals surface area (Å²) in [7, 11) is 1.90. The highest BCUT2D eigenvalue weighted by atomic mass is 15.4. The number of imidazole rings is 1. The molecule has 1 heterocycles. The number of nitrogens with one attached hydrogen (secondary N) is 1. The maximum absolute atomic E-state index is 4.22. The molecule has 0 aliphatic rings. The molecule has 0 radical (unpaired) electrons. The molecule has 3 heteroatoms. The molecule has 62 valence electrons. The van der Waals surface area contributed by atoms with Gasteiger partial charge >= 0.3 is 0 Å². The van der Waals surface area contributed by atoms with Gasteiger partial charge in [0.1, 0.15) is 5.82 Å². The van der Waals surface area contributed by atoms with Gasteiger partial charge in [0.05, 0.1) is 0 Å². The van der Waals surface area contributed by atoms with Crippen molar-refractivity contribution in [2.24, 2.45) is 0 Å². The Bertz CT molecular complexity index is 205. The van der Waals surface area contributed by atoms with E-state index in [1.54, 1.807) is 0 Å². The second-order valence-corrected chi connectivity index (χ2v) is 2.54. The summed E-state index contributed by atoms with van der Waals surface area (Å²) in [6.07, 6.45) is 7.24. The van der Waals surface area contributed by atoms with E-state index in [1.165, 1.54) is 12.8 Å². The summed E-state index contributed by atoms with van der Waals surface area (Å²) >= 11 is 0. The highest BCUT2D eigenvalue weighted by Gasteiger charge is 1.98.